The van der Waals surface area contributed by atoms with Crippen molar-refractivity contribution in [2.24, 2.45) is 7.05 Å². The first-order valence-corrected chi connectivity index (χ1v) is 7.10. The van der Waals surface area contributed by atoms with Crippen molar-refractivity contribution in [1.82, 2.24) is 19.7 Å². The predicted octanol–water partition coefficient (Wildman–Crippen LogP) is 2.94. The van der Waals surface area contributed by atoms with Crippen molar-refractivity contribution < 1.29 is 0 Å². The number of aromatic nitrogens is 4. The average molecular weight is 324 g/mol. The first kappa shape index (κ1) is 14.0. The molecule has 2 rings (SSSR count). The molecular weight excluding hydrogens is 306 g/mol. The molecule has 0 saturated heterocycles. The minimum Gasteiger partial charge on any atom is -0.372 e. The van der Waals surface area contributed by atoms with Crippen LogP contribution in [0.4, 0.5) is 5.82 Å². The van der Waals surface area contributed by atoms with Crippen LogP contribution in [0.15, 0.2) is 10.7 Å². The highest BCUT2D eigenvalue weighted by atomic mass is 79.9. The maximum absolute atomic E-state index is 4.66. The molecule has 0 radical (unpaired) electrons. The van der Waals surface area contributed by atoms with E-state index in [4.69, 9.17) is 0 Å². The monoisotopic (exact) mass is 323 g/mol. The number of anilines is 1. The van der Waals surface area contributed by atoms with E-state index in [-0.39, 0.29) is 0 Å². The summed E-state index contributed by atoms with van der Waals surface area (Å²) in [5.74, 6) is 1.54. The molecule has 0 bridgehead atoms. The summed E-state index contributed by atoms with van der Waals surface area (Å²) in [6, 6.07) is 0. The standard InChI is InChI=1S/C13H18BrN5/c1-5-6-10-11(14)13(15-3)18-12(17-10)9-7-16-19(4)8(9)2/h7H,5-6H2,1-4H3,(H,15,17,18). The fraction of sp³-hybridized carbons (Fsp3) is 0.462. The lowest BCUT2D eigenvalue weighted by Crippen LogP contribution is -2.04. The van der Waals surface area contributed by atoms with Crippen LogP contribution in [0, 0.1) is 6.92 Å². The Morgan fingerprint density at radius 3 is 2.63 bits per heavy atom. The molecule has 2 aromatic rings. The maximum Gasteiger partial charge on any atom is 0.165 e. The lowest BCUT2D eigenvalue weighted by molar-refractivity contribution is 0.740. The van der Waals surface area contributed by atoms with E-state index in [9.17, 15) is 0 Å². The molecule has 5 nitrogen and oxygen atoms in total. The van der Waals surface area contributed by atoms with Crippen LogP contribution in [0.25, 0.3) is 11.4 Å². The number of nitrogens with one attached hydrogen (secondary N) is 1. The molecule has 19 heavy (non-hydrogen) atoms. The van der Waals surface area contributed by atoms with Gasteiger partial charge in [0.05, 0.1) is 21.9 Å². The van der Waals surface area contributed by atoms with Gasteiger partial charge in [-0.05, 0) is 29.3 Å². The highest BCUT2D eigenvalue weighted by Gasteiger charge is 2.15. The van der Waals surface area contributed by atoms with Crippen LogP contribution < -0.4 is 5.32 Å². The molecule has 0 aliphatic carbocycles. The van der Waals surface area contributed by atoms with Crippen LogP contribution in [0.5, 0.6) is 0 Å². The maximum atomic E-state index is 4.66. The number of rotatable bonds is 4. The van der Waals surface area contributed by atoms with Gasteiger partial charge in [-0.3, -0.25) is 4.68 Å². The van der Waals surface area contributed by atoms with E-state index in [0.29, 0.717) is 0 Å². The first-order chi connectivity index (χ1) is 9.08. The van der Waals surface area contributed by atoms with Crippen LogP contribution in [-0.2, 0) is 13.5 Å². The van der Waals surface area contributed by atoms with Crippen molar-refractivity contribution in [3.63, 3.8) is 0 Å². The Hall–Kier alpha value is -1.43. The van der Waals surface area contributed by atoms with Crippen molar-refractivity contribution in [1.29, 1.82) is 0 Å². The second kappa shape index (κ2) is 5.69. The van der Waals surface area contributed by atoms with Crippen LogP contribution in [0.3, 0.4) is 0 Å². The summed E-state index contributed by atoms with van der Waals surface area (Å²) in [7, 11) is 3.78. The summed E-state index contributed by atoms with van der Waals surface area (Å²) in [4.78, 5) is 9.22. The normalized spacial score (nSPS) is 10.8. The third kappa shape index (κ3) is 2.63. The van der Waals surface area contributed by atoms with Crippen LogP contribution in [-0.4, -0.2) is 26.8 Å². The summed E-state index contributed by atoms with van der Waals surface area (Å²) in [5, 5.41) is 7.36. The Bertz CT molecular complexity index is 591. The molecule has 0 spiro atoms. The average Bonchev–Trinajstić information content (AvgIpc) is 2.73. The topological polar surface area (TPSA) is 55.6 Å². The molecule has 2 heterocycles. The van der Waals surface area contributed by atoms with E-state index in [1.807, 2.05) is 31.9 Å². The van der Waals surface area contributed by atoms with Gasteiger partial charge in [0.1, 0.15) is 5.82 Å². The van der Waals surface area contributed by atoms with Gasteiger partial charge < -0.3 is 5.32 Å². The highest BCUT2D eigenvalue weighted by Crippen LogP contribution is 2.28. The molecule has 0 aliphatic rings. The second-order valence-corrected chi connectivity index (χ2v) is 5.22. The van der Waals surface area contributed by atoms with Crippen molar-refractivity contribution >= 4 is 21.7 Å². The van der Waals surface area contributed by atoms with E-state index in [2.05, 4.69) is 43.2 Å². The van der Waals surface area contributed by atoms with Gasteiger partial charge in [-0.2, -0.15) is 5.10 Å². The Balaban J connectivity index is 2.57. The molecule has 102 valence electrons. The van der Waals surface area contributed by atoms with E-state index < -0.39 is 0 Å². The number of aryl methyl sites for hydroxylation is 2. The molecule has 0 amide bonds. The molecule has 0 aromatic carbocycles. The number of hydrogen-bond acceptors (Lipinski definition) is 4. The van der Waals surface area contributed by atoms with Crippen LogP contribution in [0.2, 0.25) is 0 Å². The van der Waals surface area contributed by atoms with Crippen molar-refractivity contribution in [2.75, 3.05) is 12.4 Å². The zero-order valence-corrected chi connectivity index (χ0v) is 13.2. The summed E-state index contributed by atoms with van der Waals surface area (Å²) >= 11 is 3.56. The highest BCUT2D eigenvalue weighted by molar-refractivity contribution is 9.10. The Labute approximate surface area is 121 Å². The van der Waals surface area contributed by atoms with Crippen molar-refractivity contribution in [3.05, 3.63) is 22.1 Å². The minimum absolute atomic E-state index is 0.724. The van der Waals surface area contributed by atoms with Crippen LogP contribution >= 0.6 is 15.9 Å². The summed E-state index contributed by atoms with van der Waals surface area (Å²) in [6.07, 6.45) is 3.78. The van der Waals surface area contributed by atoms with Crippen molar-refractivity contribution in [3.8, 4) is 11.4 Å². The molecule has 6 heteroatoms. The molecule has 0 unspecified atom stereocenters. The van der Waals surface area contributed by atoms with E-state index in [1.165, 1.54) is 0 Å². The zero-order chi connectivity index (χ0) is 14.0. The smallest absolute Gasteiger partial charge is 0.165 e. The van der Waals surface area contributed by atoms with Gasteiger partial charge in [0.2, 0.25) is 0 Å². The Kier molecular flexibility index (Phi) is 4.19. The summed E-state index contributed by atoms with van der Waals surface area (Å²) < 4.78 is 2.78. The lowest BCUT2D eigenvalue weighted by atomic mass is 10.2. The molecule has 2 aromatic heterocycles. The third-order valence-electron chi connectivity index (χ3n) is 3.12. The predicted molar refractivity (Wildman–Crippen MR) is 80.2 cm³/mol. The minimum atomic E-state index is 0.724. The van der Waals surface area contributed by atoms with E-state index in [0.717, 1.165) is 45.9 Å². The quantitative estimate of drug-likeness (QED) is 0.939. The summed E-state index contributed by atoms with van der Waals surface area (Å²) in [6.45, 7) is 4.16. The van der Waals surface area contributed by atoms with Crippen LogP contribution in [0.1, 0.15) is 24.7 Å². The molecule has 1 N–H and O–H groups in total. The fourth-order valence-corrected chi connectivity index (χ4v) is 2.47. The molecule has 0 aliphatic heterocycles. The van der Waals surface area contributed by atoms with Gasteiger partial charge in [0, 0.05) is 19.8 Å². The van der Waals surface area contributed by atoms with Crippen molar-refractivity contribution in [2.45, 2.75) is 26.7 Å². The number of nitrogens with zero attached hydrogens (tertiary/aromatic N) is 4. The van der Waals surface area contributed by atoms with Gasteiger partial charge in [0.15, 0.2) is 5.82 Å². The van der Waals surface area contributed by atoms with Gasteiger partial charge in [-0.25, -0.2) is 9.97 Å². The Morgan fingerprint density at radius 2 is 2.11 bits per heavy atom. The number of halogens is 1. The van der Waals surface area contributed by atoms with Gasteiger partial charge in [-0.1, -0.05) is 13.3 Å². The SMILES string of the molecule is CCCc1nc(-c2cnn(C)c2C)nc(NC)c1Br. The zero-order valence-electron chi connectivity index (χ0n) is 11.7. The Morgan fingerprint density at radius 1 is 1.37 bits per heavy atom. The molecular formula is C13H18BrN5. The van der Waals surface area contributed by atoms with E-state index in [1.54, 1.807) is 0 Å². The number of hydrogen-bond donors (Lipinski definition) is 1. The fourth-order valence-electron chi connectivity index (χ4n) is 1.90. The largest absolute Gasteiger partial charge is 0.372 e. The van der Waals surface area contributed by atoms with Gasteiger partial charge in [-0.15, -0.1) is 0 Å². The molecule has 0 saturated carbocycles. The second-order valence-electron chi connectivity index (χ2n) is 4.42. The summed E-state index contributed by atoms with van der Waals surface area (Å²) in [5.41, 5.74) is 3.07. The third-order valence-corrected chi connectivity index (χ3v) is 3.95. The first-order valence-electron chi connectivity index (χ1n) is 6.31. The van der Waals surface area contributed by atoms with E-state index >= 15 is 0 Å². The van der Waals surface area contributed by atoms with Gasteiger partial charge >= 0.3 is 0 Å². The molecule has 0 fully saturated rings. The molecule has 0 atom stereocenters. The lowest BCUT2D eigenvalue weighted by Gasteiger charge is -2.10. The van der Waals surface area contributed by atoms with Gasteiger partial charge in [0.25, 0.3) is 0 Å².